The highest BCUT2D eigenvalue weighted by Crippen LogP contribution is 2.46. The van der Waals surface area contributed by atoms with Crippen molar-refractivity contribution in [2.24, 2.45) is 0 Å². The fourth-order valence-corrected chi connectivity index (χ4v) is 4.69. The summed E-state index contributed by atoms with van der Waals surface area (Å²) in [5.74, 6) is -0.162. The van der Waals surface area contributed by atoms with Gasteiger partial charge >= 0.3 is 6.18 Å². The molecule has 2 atom stereocenters. The van der Waals surface area contributed by atoms with Gasteiger partial charge < -0.3 is 20.1 Å². The normalized spacial score (nSPS) is 16.3. The Morgan fingerprint density at radius 2 is 1.80 bits per heavy atom. The number of benzene rings is 3. The minimum absolute atomic E-state index is 0.0476. The first-order valence-electron chi connectivity index (χ1n) is 12.1. The van der Waals surface area contributed by atoms with Crippen molar-refractivity contribution in [3.05, 3.63) is 99.2 Å². The van der Waals surface area contributed by atoms with Crippen molar-refractivity contribution in [2.75, 3.05) is 17.7 Å². The molecule has 10 nitrogen and oxygen atoms in total. The second kappa shape index (κ2) is 11.0. The highest BCUT2D eigenvalue weighted by Gasteiger charge is 2.48. The van der Waals surface area contributed by atoms with Gasteiger partial charge in [0.2, 0.25) is 0 Å². The molecule has 5 rings (SSSR count). The smallest absolute Gasteiger partial charge is 0.410 e. The van der Waals surface area contributed by atoms with Crippen LogP contribution in [0.1, 0.15) is 34.6 Å². The SMILES string of the molecule is COc1ccc([C@H]2C[C@H](C(F)(F)F)n3nc(C(=O)Nc4cc(Oc5ccccc5)cc([N+](=O)[O-])c4)c(Cl)c3N2)cc1. The van der Waals surface area contributed by atoms with E-state index in [4.69, 9.17) is 21.1 Å². The molecule has 3 aromatic carbocycles. The summed E-state index contributed by atoms with van der Waals surface area (Å²) in [6, 6.07) is 15.7. The van der Waals surface area contributed by atoms with Crippen LogP contribution in [0.4, 0.5) is 30.4 Å². The molecule has 1 aromatic heterocycles. The molecule has 0 saturated heterocycles. The number of nitrogens with one attached hydrogen (secondary N) is 2. The number of halogens is 4. The molecule has 2 N–H and O–H groups in total. The number of nitro benzene ring substituents is 1. The first-order chi connectivity index (χ1) is 19.5. The third-order valence-electron chi connectivity index (χ3n) is 6.37. The number of carbonyl (C=O) groups excluding carboxylic acids is 1. The van der Waals surface area contributed by atoms with Crippen LogP contribution < -0.4 is 20.1 Å². The number of non-ortho nitro benzene ring substituents is 1. The maximum Gasteiger partial charge on any atom is 0.410 e. The fourth-order valence-electron chi connectivity index (χ4n) is 4.42. The summed E-state index contributed by atoms with van der Waals surface area (Å²) < 4.78 is 53.8. The summed E-state index contributed by atoms with van der Waals surface area (Å²) >= 11 is 6.41. The Morgan fingerprint density at radius 1 is 1.10 bits per heavy atom. The minimum atomic E-state index is -4.70. The number of rotatable bonds is 7. The van der Waals surface area contributed by atoms with Crippen molar-refractivity contribution >= 4 is 34.7 Å². The van der Waals surface area contributed by atoms with Crippen LogP contribution in [-0.4, -0.2) is 33.9 Å². The number of amides is 1. The summed E-state index contributed by atoms with van der Waals surface area (Å²) in [5, 5.41) is 20.5. The number of hydrogen-bond donors (Lipinski definition) is 2. The second-order valence-electron chi connectivity index (χ2n) is 9.06. The molecule has 0 unspecified atom stereocenters. The number of para-hydroxylation sites is 1. The standard InChI is InChI=1S/C27H21ClF3N5O5/c1-40-18-9-7-15(8-10-18)21-14-22(27(29,30)31)35-25(33-21)23(28)24(34-35)26(37)32-16-11-17(36(38)39)13-20(12-16)41-19-5-3-2-4-6-19/h2-13,21-22,33H,14H2,1H3,(H,32,37)/t21-,22-/m1/s1. The molecule has 0 aliphatic carbocycles. The Labute approximate surface area is 235 Å². The number of aromatic nitrogens is 2. The maximum absolute atomic E-state index is 14.1. The molecule has 41 heavy (non-hydrogen) atoms. The van der Waals surface area contributed by atoms with E-state index in [1.165, 1.54) is 19.2 Å². The summed E-state index contributed by atoms with van der Waals surface area (Å²) in [6.07, 6.45) is -5.11. The molecular formula is C27H21ClF3N5O5. The predicted molar refractivity (Wildman–Crippen MR) is 144 cm³/mol. The zero-order valence-corrected chi connectivity index (χ0v) is 21.9. The van der Waals surface area contributed by atoms with Crippen LogP contribution in [0.3, 0.4) is 0 Å². The molecule has 0 spiro atoms. The van der Waals surface area contributed by atoms with Gasteiger partial charge in [-0.25, -0.2) is 4.68 Å². The van der Waals surface area contributed by atoms with E-state index in [2.05, 4.69) is 15.7 Å². The van der Waals surface area contributed by atoms with Crippen molar-refractivity contribution < 1.29 is 32.4 Å². The number of nitro groups is 1. The summed E-state index contributed by atoms with van der Waals surface area (Å²) in [4.78, 5) is 24.0. The van der Waals surface area contributed by atoms with Crippen LogP contribution in [0.2, 0.25) is 5.02 Å². The second-order valence-corrected chi connectivity index (χ2v) is 9.44. The molecule has 0 bridgehead atoms. The van der Waals surface area contributed by atoms with Crippen molar-refractivity contribution in [1.82, 2.24) is 9.78 Å². The van der Waals surface area contributed by atoms with Crippen LogP contribution in [0.25, 0.3) is 0 Å². The largest absolute Gasteiger partial charge is 0.497 e. The molecule has 4 aromatic rings. The zero-order chi connectivity index (χ0) is 29.3. The van der Waals surface area contributed by atoms with Gasteiger partial charge in [-0.05, 0) is 29.8 Å². The Hall–Kier alpha value is -4.78. The molecular weight excluding hydrogens is 567 g/mol. The van der Waals surface area contributed by atoms with Crippen LogP contribution in [0.15, 0.2) is 72.8 Å². The van der Waals surface area contributed by atoms with Crippen LogP contribution in [-0.2, 0) is 0 Å². The molecule has 1 aliphatic heterocycles. The molecule has 1 aliphatic rings. The van der Waals surface area contributed by atoms with Crippen molar-refractivity contribution in [2.45, 2.75) is 24.7 Å². The van der Waals surface area contributed by atoms with Gasteiger partial charge in [0.05, 0.1) is 29.8 Å². The van der Waals surface area contributed by atoms with Crippen molar-refractivity contribution in [1.29, 1.82) is 0 Å². The lowest BCUT2D eigenvalue weighted by molar-refractivity contribution is -0.384. The monoisotopic (exact) mass is 587 g/mol. The molecule has 14 heteroatoms. The quantitative estimate of drug-likeness (QED) is 0.174. The Bertz CT molecular complexity index is 1600. The third kappa shape index (κ3) is 5.89. The zero-order valence-electron chi connectivity index (χ0n) is 21.2. The molecule has 0 fully saturated rings. The van der Waals surface area contributed by atoms with Crippen LogP contribution in [0, 0.1) is 10.1 Å². The Kier molecular flexibility index (Phi) is 7.45. The number of nitrogens with zero attached hydrogens (tertiary/aromatic N) is 3. The van der Waals surface area contributed by atoms with Crippen LogP contribution in [0.5, 0.6) is 17.2 Å². The number of fused-ring (bicyclic) bond motifs is 1. The topological polar surface area (TPSA) is 121 Å². The first-order valence-corrected chi connectivity index (χ1v) is 12.5. The summed E-state index contributed by atoms with van der Waals surface area (Å²) in [7, 11) is 1.48. The summed E-state index contributed by atoms with van der Waals surface area (Å²) in [6.45, 7) is 0. The van der Waals surface area contributed by atoms with E-state index < -0.39 is 41.2 Å². The first kappa shape index (κ1) is 27.8. The van der Waals surface area contributed by atoms with Crippen LogP contribution >= 0.6 is 11.6 Å². The summed E-state index contributed by atoms with van der Waals surface area (Å²) in [5.41, 5.74) is -0.369. The molecule has 212 valence electrons. The van der Waals surface area contributed by atoms with E-state index in [0.29, 0.717) is 21.7 Å². The van der Waals surface area contributed by atoms with Gasteiger partial charge in [-0.3, -0.25) is 14.9 Å². The Morgan fingerprint density at radius 3 is 2.44 bits per heavy atom. The van der Waals surface area contributed by atoms with Gasteiger partial charge in [0.25, 0.3) is 11.6 Å². The average molecular weight is 588 g/mol. The average Bonchev–Trinajstić information content (AvgIpc) is 3.28. The Balaban J connectivity index is 1.45. The number of methoxy groups -OCH3 is 1. The lowest BCUT2D eigenvalue weighted by Crippen LogP contribution is -2.35. The van der Waals surface area contributed by atoms with Crippen molar-refractivity contribution in [3.8, 4) is 17.2 Å². The number of alkyl halides is 3. The van der Waals surface area contributed by atoms with Gasteiger partial charge in [0.15, 0.2) is 11.7 Å². The number of anilines is 2. The van der Waals surface area contributed by atoms with E-state index in [-0.39, 0.29) is 28.0 Å². The van der Waals surface area contributed by atoms with Gasteiger partial charge in [-0.2, -0.15) is 18.3 Å². The highest BCUT2D eigenvalue weighted by molar-refractivity contribution is 6.36. The van der Waals surface area contributed by atoms with Gasteiger partial charge in [0, 0.05) is 18.6 Å². The van der Waals surface area contributed by atoms with Gasteiger partial charge in [-0.1, -0.05) is 41.9 Å². The molecule has 0 saturated carbocycles. The predicted octanol–water partition coefficient (Wildman–Crippen LogP) is 7.16. The number of hydrogen-bond acceptors (Lipinski definition) is 7. The maximum atomic E-state index is 14.1. The fraction of sp³-hybridized carbons (Fsp3) is 0.185. The van der Waals surface area contributed by atoms with E-state index in [0.717, 1.165) is 6.07 Å². The van der Waals surface area contributed by atoms with E-state index in [1.54, 1.807) is 54.6 Å². The lowest BCUT2D eigenvalue weighted by atomic mass is 9.97. The lowest BCUT2D eigenvalue weighted by Gasteiger charge is -2.33. The highest BCUT2D eigenvalue weighted by atomic mass is 35.5. The van der Waals surface area contributed by atoms with Gasteiger partial charge in [0.1, 0.15) is 28.1 Å². The van der Waals surface area contributed by atoms with Crippen molar-refractivity contribution in [3.63, 3.8) is 0 Å². The van der Waals surface area contributed by atoms with Gasteiger partial charge in [-0.15, -0.1) is 0 Å². The molecule has 0 radical (unpaired) electrons. The van der Waals surface area contributed by atoms with E-state index in [9.17, 15) is 28.1 Å². The number of carbonyl (C=O) groups is 1. The van der Waals surface area contributed by atoms with E-state index in [1.807, 2.05) is 0 Å². The third-order valence-corrected chi connectivity index (χ3v) is 6.73. The minimum Gasteiger partial charge on any atom is -0.497 e. The van der Waals surface area contributed by atoms with E-state index >= 15 is 0 Å². The number of ether oxygens (including phenoxy) is 2. The molecule has 2 heterocycles. The molecule has 1 amide bonds.